The Morgan fingerprint density at radius 2 is 1.73 bits per heavy atom. The van der Waals surface area contributed by atoms with Gasteiger partial charge in [0.05, 0.1) is 37.6 Å². The van der Waals surface area contributed by atoms with Crippen LogP contribution in [0.3, 0.4) is 0 Å². The van der Waals surface area contributed by atoms with Gasteiger partial charge in [-0.15, -0.1) is 0 Å². The number of nitrogens with one attached hydrogen (secondary N) is 2. The molecule has 246 valence electrons. The molecule has 44 heavy (non-hydrogen) atoms. The average molecular weight is 613 g/mol. The Balaban J connectivity index is 1.84. The molecule has 1 fully saturated rings. The SMILES string of the molecule is CCCOC(CC)CNC(=O)CC(CCC1CCCCC1)NC(=O)c1cc(-c2c(OC)cccc2OC)n(C(C)C(C)C)n1. The lowest BCUT2D eigenvalue weighted by molar-refractivity contribution is -0.122. The van der Waals surface area contributed by atoms with Crippen LogP contribution in [0.1, 0.15) is 115 Å². The third-order valence-electron chi connectivity index (χ3n) is 8.96. The molecule has 1 aliphatic carbocycles. The molecule has 0 saturated heterocycles. The second kappa shape index (κ2) is 18.0. The summed E-state index contributed by atoms with van der Waals surface area (Å²) in [5.41, 5.74) is 1.81. The van der Waals surface area contributed by atoms with E-state index >= 15 is 0 Å². The minimum Gasteiger partial charge on any atom is -0.496 e. The molecule has 0 aliphatic heterocycles. The number of benzene rings is 1. The van der Waals surface area contributed by atoms with E-state index in [-0.39, 0.29) is 42.3 Å². The highest BCUT2D eigenvalue weighted by Crippen LogP contribution is 2.40. The van der Waals surface area contributed by atoms with Gasteiger partial charge in [-0.3, -0.25) is 14.3 Å². The maximum absolute atomic E-state index is 13.8. The maximum atomic E-state index is 13.8. The van der Waals surface area contributed by atoms with Crippen LogP contribution in [0.5, 0.6) is 11.5 Å². The fourth-order valence-corrected chi connectivity index (χ4v) is 5.92. The van der Waals surface area contributed by atoms with Gasteiger partial charge in [-0.25, -0.2) is 0 Å². The summed E-state index contributed by atoms with van der Waals surface area (Å²) in [5, 5.41) is 11.1. The Hall–Kier alpha value is -3.07. The Morgan fingerprint density at radius 1 is 1.05 bits per heavy atom. The number of aromatic nitrogens is 2. The third kappa shape index (κ3) is 9.98. The zero-order valence-corrected chi connectivity index (χ0v) is 28.1. The molecule has 3 atom stereocenters. The van der Waals surface area contributed by atoms with Gasteiger partial charge < -0.3 is 24.8 Å². The van der Waals surface area contributed by atoms with Gasteiger partial charge >= 0.3 is 0 Å². The van der Waals surface area contributed by atoms with E-state index in [9.17, 15) is 9.59 Å². The van der Waals surface area contributed by atoms with Crippen molar-refractivity contribution in [1.29, 1.82) is 0 Å². The van der Waals surface area contributed by atoms with Crippen molar-refractivity contribution in [3.63, 3.8) is 0 Å². The Labute approximate surface area is 264 Å². The Morgan fingerprint density at radius 3 is 2.32 bits per heavy atom. The minimum absolute atomic E-state index is 0.00789. The fourth-order valence-electron chi connectivity index (χ4n) is 5.92. The molecule has 0 bridgehead atoms. The van der Waals surface area contributed by atoms with Crippen molar-refractivity contribution in [3.05, 3.63) is 30.0 Å². The van der Waals surface area contributed by atoms with E-state index in [4.69, 9.17) is 19.3 Å². The summed E-state index contributed by atoms with van der Waals surface area (Å²) in [6, 6.07) is 7.16. The zero-order chi connectivity index (χ0) is 32.1. The molecule has 9 nitrogen and oxygen atoms in total. The summed E-state index contributed by atoms with van der Waals surface area (Å²) in [5.74, 6) is 1.84. The van der Waals surface area contributed by atoms with Crippen LogP contribution in [0.4, 0.5) is 0 Å². The largest absolute Gasteiger partial charge is 0.496 e. The van der Waals surface area contributed by atoms with Crippen molar-refractivity contribution in [2.45, 2.75) is 117 Å². The Bertz CT molecular complexity index is 1150. The summed E-state index contributed by atoms with van der Waals surface area (Å²) in [7, 11) is 3.25. The molecule has 9 heteroatoms. The highest BCUT2D eigenvalue weighted by atomic mass is 16.5. The van der Waals surface area contributed by atoms with Crippen molar-refractivity contribution in [1.82, 2.24) is 20.4 Å². The van der Waals surface area contributed by atoms with Gasteiger partial charge in [0.2, 0.25) is 5.91 Å². The molecule has 3 unspecified atom stereocenters. The van der Waals surface area contributed by atoms with E-state index in [1.807, 2.05) is 28.9 Å². The van der Waals surface area contributed by atoms with Gasteiger partial charge in [0, 0.05) is 25.6 Å². The number of nitrogens with zero attached hydrogens (tertiary/aromatic N) is 2. The second-order valence-electron chi connectivity index (χ2n) is 12.5. The van der Waals surface area contributed by atoms with E-state index in [2.05, 4.69) is 45.3 Å². The van der Waals surface area contributed by atoms with Crippen LogP contribution >= 0.6 is 0 Å². The van der Waals surface area contributed by atoms with Crippen LogP contribution in [-0.4, -0.2) is 61.1 Å². The van der Waals surface area contributed by atoms with Gasteiger partial charge in [-0.05, 0) is 62.6 Å². The van der Waals surface area contributed by atoms with Crippen molar-refractivity contribution < 1.29 is 23.8 Å². The van der Waals surface area contributed by atoms with Gasteiger partial charge in [-0.1, -0.05) is 65.9 Å². The van der Waals surface area contributed by atoms with Crippen molar-refractivity contribution in [2.24, 2.45) is 11.8 Å². The number of methoxy groups -OCH3 is 2. The summed E-state index contributed by atoms with van der Waals surface area (Å²) in [6.45, 7) is 11.6. The lowest BCUT2D eigenvalue weighted by Crippen LogP contribution is -2.41. The molecule has 2 N–H and O–H groups in total. The summed E-state index contributed by atoms with van der Waals surface area (Å²) >= 11 is 0. The van der Waals surface area contributed by atoms with Crippen LogP contribution in [0, 0.1) is 11.8 Å². The lowest BCUT2D eigenvalue weighted by atomic mass is 9.85. The highest BCUT2D eigenvalue weighted by molar-refractivity contribution is 5.94. The number of rotatable bonds is 18. The first-order chi connectivity index (χ1) is 21.2. The van der Waals surface area contributed by atoms with Gasteiger partial charge in [0.15, 0.2) is 5.69 Å². The highest BCUT2D eigenvalue weighted by Gasteiger charge is 2.27. The molecule has 1 heterocycles. The number of carbonyl (C=O) groups excluding carboxylic acids is 2. The van der Waals surface area contributed by atoms with E-state index in [0.29, 0.717) is 36.3 Å². The molecule has 0 spiro atoms. The average Bonchev–Trinajstić information content (AvgIpc) is 3.48. The van der Waals surface area contributed by atoms with Crippen molar-refractivity contribution >= 4 is 11.8 Å². The first kappa shape index (κ1) is 35.4. The number of hydrogen-bond donors (Lipinski definition) is 2. The minimum atomic E-state index is -0.294. The predicted octanol–water partition coefficient (Wildman–Crippen LogP) is 6.95. The normalized spacial score (nSPS) is 15.9. The summed E-state index contributed by atoms with van der Waals surface area (Å²) < 4.78 is 19.1. The molecule has 3 rings (SSSR count). The summed E-state index contributed by atoms with van der Waals surface area (Å²) in [4.78, 5) is 26.9. The fraction of sp³-hybridized carbons (Fsp3) is 0.686. The van der Waals surface area contributed by atoms with E-state index in [1.54, 1.807) is 14.2 Å². The second-order valence-corrected chi connectivity index (χ2v) is 12.5. The first-order valence-corrected chi connectivity index (χ1v) is 16.7. The molecule has 2 amide bonds. The lowest BCUT2D eigenvalue weighted by Gasteiger charge is -2.25. The van der Waals surface area contributed by atoms with Crippen LogP contribution in [-0.2, 0) is 9.53 Å². The van der Waals surface area contributed by atoms with Crippen molar-refractivity contribution in [2.75, 3.05) is 27.4 Å². The molecule has 1 aromatic heterocycles. The van der Waals surface area contributed by atoms with Gasteiger partial charge in [-0.2, -0.15) is 5.10 Å². The molecular formula is C35H56N4O5. The summed E-state index contributed by atoms with van der Waals surface area (Å²) in [6.07, 6.45) is 10.0. The van der Waals surface area contributed by atoms with E-state index in [1.165, 1.54) is 32.1 Å². The van der Waals surface area contributed by atoms with Crippen LogP contribution in [0.25, 0.3) is 11.3 Å². The van der Waals surface area contributed by atoms with Crippen molar-refractivity contribution in [3.8, 4) is 22.8 Å². The predicted molar refractivity (Wildman–Crippen MR) is 175 cm³/mol. The molecule has 1 aliphatic rings. The van der Waals surface area contributed by atoms with Crippen LogP contribution in [0.2, 0.25) is 0 Å². The number of carbonyl (C=O) groups is 2. The smallest absolute Gasteiger partial charge is 0.272 e. The zero-order valence-electron chi connectivity index (χ0n) is 28.1. The quantitative estimate of drug-likeness (QED) is 0.189. The molecule has 1 aromatic carbocycles. The molecule has 1 saturated carbocycles. The molecular weight excluding hydrogens is 556 g/mol. The number of amides is 2. The van der Waals surface area contributed by atoms with E-state index in [0.717, 1.165) is 36.9 Å². The van der Waals surface area contributed by atoms with Gasteiger partial charge in [0.25, 0.3) is 5.91 Å². The molecule has 0 radical (unpaired) electrons. The topological polar surface area (TPSA) is 104 Å². The maximum Gasteiger partial charge on any atom is 0.272 e. The van der Waals surface area contributed by atoms with Gasteiger partial charge in [0.1, 0.15) is 11.5 Å². The first-order valence-electron chi connectivity index (χ1n) is 16.7. The number of hydrogen-bond acceptors (Lipinski definition) is 6. The Kier molecular flexibility index (Phi) is 14.5. The third-order valence-corrected chi connectivity index (χ3v) is 8.96. The standard InChI is InChI=1S/C35H56N4O5/c1-8-20-44-28(9-2)23-36-33(40)21-27(19-18-26-14-11-10-12-15-26)37-35(41)29-22-30(39(38-29)25(5)24(3)4)34-31(42-6)16-13-17-32(34)43-7/h13,16-17,22,24-28H,8-12,14-15,18-21,23H2,1-7H3,(H,36,40)(H,37,41). The monoisotopic (exact) mass is 612 g/mol. The van der Waals surface area contributed by atoms with Crippen LogP contribution < -0.4 is 20.1 Å². The number of ether oxygens (including phenoxy) is 3. The van der Waals surface area contributed by atoms with Crippen LogP contribution in [0.15, 0.2) is 24.3 Å². The van der Waals surface area contributed by atoms with E-state index < -0.39 is 0 Å². The molecule has 2 aromatic rings.